The summed E-state index contributed by atoms with van der Waals surface area (Å²) < 4.78 is 22.9. The van der Waals surface area contributed by atoms with Gasteiger partial charge in [0.2, 0.25) is 11.2 Å². The lowest BCUT2D eigenvalue weighted by atomic mass is 10.2. The average molecular weight is 481 g/mol. The molecule has 0 N–H and O–H groups in total. The molecule has 1 aromatic heterocycles. The number of ether oxygens (including phenoxy) is 3. The van der Waals surface area contributed by atoms with E-state index in [1.807, 2.05) is 13.0 Å². The van der Waals surface area contributed by atoms with E-state index in [0.717, 1.165) is 0 Å². The largest absolute Gasteiger partial charge is 0.490 e. The van der Waals surface area contributed by atoms with Crippen molar-refractivity contribution in [1.29, 1.82) is 0 Å². The van der Waals surface area contributed by atoms with Gasteiger partial charge in [0, 0.05) is 10.5 Å². The van der Waals surface area contributed by atoms with E-state index in [0.29, 0.717) is 33.5 Å². The Morgan fingerprint density at radius 2 is 1.71 bits per heavy atom. The lowest BCUT2D eigenvalue weighted by Crippen LogP contribution is -2.10. The first-order valence-electron chi connectivity index (χ1n) is 9.48. The van der Waals surface area contributed by atoms with Gasteiger partial charge in [0.05, 0.1) is 17.6 Å². The molecule has 4 rings (SSSR count). The molecule has 4 aromatic rings. The minimum absolute atomic E-state index is 0.0256. The third-order valence-corrected chi connectivity index (χ3v) is 5.08. The molecule has 0 amide bonds. The summed E-state index contributed by atoms with van der Waals surface area (Å²) in [5.41, 5.74) is 0.310. The van der Waals surface area contributed by atoms with Crippen molar-refractivity contribution in [3.05, 3.63) is 93.3 Å². The number of esters is 1. The minimum Gasteiger partial charge on any atom is -0.490 e. The van der Waals surface area contributed by atoms with E-state index in [1.165, 1.54) is 24.5 Å². The van der Waals surface area contributed by atoms with Crippen LogP contribution >= 0.6 is 15.9 Å². The molecule has 7 heteroatoms. The van der Waals surface area contributed by atoms with Crippen LogP contribution in [0, 0.1) is 0 Å². The van der Waals surface area contributed by atoms with Crippen LogP contribution in [0.2, 0.25) is 0 Å². The third-order valence-electron chi connectivity index (χ3n) is 4.39. The van der Waals surface area contributed by atoms with Crippen molar-refractivity contribution in [2.24, 2.45) is 0 Å². The quantitative estimate of drug-likeness (QED) is 0.250. The molecule has 0 spiro atoms. The lowest BCUT2D eigenvalue weighted by Gasteiger charge is -2.11. The molecule has 156 valence electrons. The zero-order valence-electron chi connectivity index (χ0n) is 16.5. The van der Waals surface area contributed by atoms with E-state index < -0.39 is 5.97 Å². The van der Waals surface area contributed by atoms with Crippen molar-refractivity contribution in [1.82, 2.24) is 0 Å². The van der Waals surface area contributed by atoms with Gasteiger partial charge in [-0.25, -0.2) is 4.79 Å². The van der Waals surface area contributed by atoms with Gasteiger partial charge >= 0.3 is 5.97 Å². The van der Waals surface area contributed by atoms with Crippen LogP contribution in [0.4, 0.5) is 0 Å². The van der Waals surface area contributed by atoms with Crippen LogP contribution in [0.5, 0.6) is 23.0 Å². The van der Waals surface area contributed by atoms with Crippen molar-refractivity contribution in [3.63, 3.8) is 0 Å². The molecule has 0 saturated carbocycles. The molecule has 0 aliphatic rings. The van der Waals surface area contributed by atoms with Crippen molar-refractivity contribution in [2.45, 2.75) is 6.92 Å². The SMILES string of the molecule is CCOc1ccccc1Oc1coc2cc(OC(=O)c3ccccc3Br)ccc2c1=O. The average Bonchev–Trinajstić information content (AvgIpc) is 2.77. The topological polar surface area (TPSA) is 75.0 Å². The fraction of sp³-hybridized carbons (Fsp3) is 0.0833. The molecule has 6 nitrogen and oxygen atoms in total. The smallest absolute Gasteiger partial charge is 0.344 e. The summed E-state index contributed by atoms with van der Waals surface area (Å²) in [6.45, 7) is 2.33. The first-order valence-corrected chi connectivity index (χ1v) is 10.3. The minimum atomic E-state index is -0.526. The maximum Gasteiger partial charge on any atom is 0.344 e. The second-order valence-electron chi connectivity index (χ2n) is 6.44. The van der Waals surface area contributed by atoms with E-state index in [9.17, 15) is 9.59 Å². The predicted octanol–water partition coefficient (Wildman–Crippen LogP) is 5.97. The fourth-order valence-corrected chi connectivity index (χ4v) is 3.39. The van der Waals surface area contributed by atoms with Gasteiger partial charge in [-0.15, -0.1) is 0 Å². The van der Waals surface area contributed by atoms with Crippen molar-refractivity contribution >= 4 is 32.9 Å². The van der Waals surface area contributed by atoms with Gasteiger partial charge < -0.3 is 18.6 Å². The molecule has 0 unspecified atom stereocenters. The van der Waals surface area contributed by atoms with Gasteiger partial charge in [0.15, 0.2) is 11.5 Å². The van der Waals surface area contributed by atoms with Crippen LogP contribution in [0.25, 0.3) is 11.0 Å². The van der Waals surface area contributed by atoms with Crippen LogP contribution in [0.1, 0.15) is 17.3 Å². The van der Waals surface area contributed by atoms with Crippen LogP contribution in [-0.4, -0.2) is 12.6 Å². The Morgan fingerprint density at radius 1 is 0.968 bits per heavy atom. The summed E-state index contributed by atoms with van der Waals surface area (Å²) in [4.78, 5) is 25.3. The van der Waals surface area contributed by atoms with Crippen molar-refractivity contribution in [2.75, 3.05) is 6.61 Å². The van der Waals surface area contributed by atoms with E-state index in [4.69, 9.17) is 18.6 Å². The van der Waals surface area contributed by atoms with E-state index in [2.05, 4.69) is 15.9 Å². The molecule has 0 aliphatic heterocycles. The molecule has 0 bridgehead atoms. The second kappa shape index (κ2) is 9.06. The number of halogens is 1. The number of carbonyl (C=O) groups is 1. The molecule has 0 radical (unpaired) electrons. The maximum absolute atomic E-state index is 12.9. The lowest BCUT2D eigenvalue weighted by molar-refractivity contribution is 0.0734. The molecule has 0 fully saturated rings. The Kier molecular flexibility index (Phi) is 6.04. The summed E-state index contributed by atoms with van der Waals surface area (Å²) in [7, 11) is 0. The summed E-state index contributed by atoms with van der Waals surface area (Å²) in [5, 5.41) is 0.298. The van der Waals surface area contributed by atoms with Gasteiger partial charge in [-0.05, 0) is 59.3 Å². The Bertz CT molecular complexity index is 1310. The normalized spacial score (nSPS) is 10.6. The van der Waals surface area contributed by atoms with Crippen molar-refractivity contribution < 1.29 is 23.4 Å². The first-order chi connectivity index (χ1) is 15.1. The van der Waals surface area contributed by atoms with Crippen LogP contribution in [-0.2, 0) is 0 Å². The molecule has 1 heterocycles. The summed E-state index contributed by atoms with van der Waals surface area (Å²) in [5.74, 6) is 0.694. The molecule has 31 heavy (non-hydrogen) atoms. The first kappa shape index (κ1) is 20.7. The van der Waals surface area contributed by atoms with Crippen molar-refractivity contribution in [3.8, 4) is 23.0 Å². The van der Waals surface area contributed by atoms with Gasteiger partial charge in [0.1, 0.15) is 17.6 Å². The maximum atomic E-state index is 12.9. The third kappa shape index (κ3) is 4.46. The highest BCUT2D eigenvalue weighted by Gasteiger charge is 2.15. The van der Waals surface area contributed by atoms with Crippen LogP contribution in [0.15, 0.2) is 86.7 Å². The monoisotopic (exact) mass is 480 g/mol. The number of hydrogen-bond donors (Lipinski definition) is 0. The van der Waals surface area contributed by atoms with Crippen LogP contribution in [0.3, 0.4) is 0 Å². The highest BCUT2D eigenvalue weighted by molar-refractivity contribution is 9.10. The molecule has 0 saturated heterocycles. The molecule has 0 aliphatic carbocycles. The predicted molar refractivity (Wildman–Crippen MR) is 119 cm³/mol. The standard InChI is InChI=1S/C24H17BrO6/c1-2-28-19-9-5-6-10-20(19)31-22-14-29-21-13-15(11-12-17(21)23(22)26)30-24(27)16-7-3-4-8-18(16)25/h3-14H,2H2,1H3. The number of benzene rings is 3. The molecule has 3 aromatic carbocycles. The Hall–Kier alpha value is -3.58. The highest BCUT2D eigenvalue weighted by Crippen LogP contribution is 2.31. The number of hydrogen-bond acceptors (Lipinski definition) is 6. The molecular formula is C24H17BrO6. The zero-order chi connectivity index (χ0) is 21.8. The number of para-hydroxylation sites is 2. The number of rotatable bonds is 6. The van der Waals surface area contributed by atoms with Crippen LogP contribution < -0.4 is 19.6 Å². The summed E-state index contributed by atoms with van der Waals surface area (Å²) in [6.07, 6.45) is 1.23. The van der Waals surface area contributed by atoms with E-state index >= 15 is 0 Å². The Labute approximate surface area is 186 Å². The van der Waals surface area contributed by atoms with E-state index in [-0.39, 0.29) is 22.5 Å². The molecular weight excluding hydrogens is 464 g/mol. The fourth-order valence-electron chi connectivity index (χ4n) is 2.94. The summed E-state index contributed by atoms with van der Waals surface area (Å²) in [6, 6.07) is 18.6. The van der Waals surface area contributed by atoms with Gasteiger partial charge in [-0.3, -0.25) is 4.79 Å². The van der Waals surface area contributed by atoms with E-state index in [1.54, 1.807) is 42.5 Å². The van der Waals surface area contributed by atoms with Gasteiger partial charge in [0.25, 0.3) is 0 Å². The Morgan fingerprint density at radius 3 is 2.48 bits per heavy atom. The molecule has 0 atom stereocenters. The van der Waals surface area contributed by atoms with Gasteiger partial charge in [-0.2, -0.15) is 0 Å². The van der Waals surface area contributed by atoms with Gasteiger partial charge in [-0.1, -0.05) is 24.3 Å². The second-order valence-corrected chi connectivity index (χ2v) is 7.29. The Balaban J connectivity index is 1.61. The highest BCUT2D eigenvalue weighted by atomic mass is 79.9. The number of fused-ring (bicyclic) bond motifs is 1. The number of carbonyl (C=O) groups excluding carboxylic acids is 1. The zero-order valence-corrected chi connectivity index (χ0v) is 18.0. The summed E-state index contributed by atoms with van der Waals surface area (Å²) >= 11 is 3.33.